The van der Waals surface area contributed by atoms with Crippen molar-refractivity contribution in [3.63, 3.8) is 0 Å². The molecule has 0 amide bonds. The molecule has 410 valence electrons. The Labute approximate surface area is 421 Å². The number of carbonyl (C=O) groups is 2. The van der Waals surface area contributed by atoms with Crippen LogP contribution in [0.15, 0.2) is 0 Å². The van der Waals surface area contributed by atoms with Crippen molar-refractivity contribution < 1.29 is 63.1 Å². The lowest BCUT2D eigenvalue weighted by molar-refractivity contribution is -0.220. The molecule has 0 aromatic heterocycles. The van der Waals surface area contributed by atoms with E-state index in [0.29, 0.717) is 12.8 Å². The Kier molecular flexibility index (Phi) is 43.4. The van der Waals surface area contributed by atoms with Crippen LogP contribution in [0.1, 0.15) is 284 Å². The lowest BCUT2D eigenvalue weighted by Crippen LogP contribution is -2.64. The van der Waals surface area contributed by atoms with Gasteiger partial charge in [0.25, 0.3) is 0 Å². The number of unbranched alkanes of at least 4 members (excludes halogenated alkanes) is 38. The highest BCUT2D eigenvalue weighted by molar-refractivity contribution is 7.47. The summed E-state index contributed by atoms with van der Waals surface area (Å²) < 4.78 is 33.8. The number of carbonyl (C=O) groups excluding carboxylic acids is 2. The van der Waals surface area contributed by atoms with Gasteiger partial charge in [0.2, 0.25) is 0 Å². The van der Waals surface area contributed by atoms with E-state index in [9.17, 15) is 44.6 Å². The average molecular weight is 1010 g/mol. The summed E-state index contributed by atoms with van der Waals surface area (Å²) in [5, 5.41) is 50.4. The number of esters is 2. The van der Waals surface area contributed by atoms with E-state index in [4.69, 9.17) is 18.5 Å². The van der Waals surface area contributed by atoms with Gasteiger partial charge in [-0.2, -0.15) is 0 Å². The number of phosphoric acid groups is 1. The standard InChI is InChI=1S/C55H107O13P/c1-3-5-7-9-11-13-15-17-19-21-23-24-25-26-28-29-31-33-35-37-39-41-43-48(56)65-45-47(46-66-69(63,64)68-55-53(61)51(59)50(58)52(60)54(55)62)67-49(57)44-42-40-38-36-34-32-30-27-22-20-18-16-14-12-10-8-6-4-2/h47,50-55,58-62H,3-46H2,1-2H3,(H,63,64)/t47-,50?,51-,52?,53?,54?,55?/m0/s1. The van der Waals surface area contributed by atoms with E-state index in [2.05, 4.69) is 13.8 Å². The highest BCUT2D eigenvalue weighted by Gasteiger charge is 2.51. The lowest BCUT2D eigenvalue weighted by Gasteiger charge is -2.41. The first kappa shape index (κ1) is 65.9. The van der Waals surface area contributed by atoms with Crippen LogP contribution in [0.3, 0.4) is 0 Å². The third kappa shape index (κ3) is 37.3. The molecule has 1 aliphatic rings. The summed E-state index contributed by atoms with van der Waals surface area (Å²) in [4.78, 5) is 35.9. The van der Waals surface area contributed by atoms with Crippen LogP contribution in [0.2, 0.25) is 0 Å². The van der Waals surface area contributed by atoms with Gasteiger partial charge >= 0.3 is 19.8 Å². The van der Waals surface area contributed by atoms with Gasteiger partial charge in [-0.05, 0) is 12.8 Å². The lowest BCUT2D eigenvalue weighted by atomic mass is 9.85. The second-order valence-electron chi connectivity index (χ2n) is 20.5. The van der Waals surface area contributed by atoms with E-state index in [-0.39, 0.29) is 12.8 Å². The molecule has 0 heterocycles. The third-order valence-corrected chi connectivity index (χ3v) is 14.9. The molecule has 6 unspecified atom stereocenters. The number of hydrogen-bond acceptors (Lipinski definition) is 12. The number of phosphoric ester groups is 1. The van der Waals surface area contributed by atoms with Crippen LogP contribution in [0, 0.1) is 0 Å². The zero-order valence-electron chi connectivity index (χ0n) is 44.1. The van der Waals surface area contributed by atoms with Crippen LogP contribution in [-0.2, 0) is 32.7 Å². The van der Waals surface area contributed by atoms with Crippen LogP contribution < -0.4 is 0 Å². The first-order chi connectivity index (χ1) is 33.4. The predicted molar refractivity (Wildman–Crippen MR) is 277 cm³/mol. The average Bonchev–Trinajstić information content (AvgIpc) is 3.33. The van der Waals surface area contributed by atoms with Crippen molar-refractivity contribution in [3.05, 3.63) is 0 Å². The number of ether oxygens (including phenoxy) is 2. The Hall–Kier alpha value is -1.15. The van der Waals surface area contributed by atoms with Crippen molar-refractivity contribution >= 4 is 19.8 Å². The first-order valence-corrected chi connectivity index (χ1v) is 30.3. The van der Waals surface area contributed by atoms with Crippen LogP contribution in [0.4, 0.5) is 0 Å². The van der Waals surface area contributed by atoms with Crippen LogP contribution >= 0.6 is 7.82 Å². The van der Waals surface area contributed by atoms with Gasteiger partial charge in [-0.1, -0.05) is 258 Å². The fraction of sp³-hybridized carbons (Fsp3) is 0.964. The van der Waals surface area contributed by atoms with E-state index < -0.39 is 75.7 Å². The summed E-state index contributed by atoms with van der Waals surface area (Å²) in [5.41, 5.74) is 0. The van der Waals surface area contributed by atoms with E-state index in [0.717, 1.165) is 38.5 Å². The number of rotatable bonds is 50. The maximum absolute atomic E-state index is 12.9. The molecule has 1 aliphatic carbocycles. The summed E-state index contributed by atoms with van der Waals surface area (Å²) >= 11 is 0. The summed E-state index contributed by atoms with van der Waals surface area (Å²) in [6.07, 6.45) is 37.2. The molecule has 8 atom stereocenters. The molecule has 1 saturated carbocycles. The quantitative estimate of drug-likeness (QED) is 0.0191. The Morgan fingerprint density at radius 3 is 0.957 bits per heavy atom. The molecule has 0 aliphatic heterocycles. The fourth-order valence-electron chi connectivity index (χ4n) is 9.35. The molecule has 1 rings (SSSR count). The molecule has 0 aromatic rings. The molecular formula is C55H107O13P. The number of aliphatic hydroxyl groups excluding tert-OH is 5. The monoisotopic (exact) mass is 1010 g/mol. The second kappa shape index (κ2) is 45.5. The van der Waals surface area contributed by atoms with Gasteiger partial charge in [0.1, 0.15) is 43.2 Å². The molecule has 0 aromatic carbocycles. The smallest absolute Gasteiger partial charge is 0.462 e. The first-order valence-electron chi connectivity index (χ1n) is 28.8. The summed E-state index contributed by atoms with van der Waals surface area (Å²) in [5.74, 6) is -1.08. The van der Waals surface area contributed by atoms with Crippen molar-refractivity contribution in [1.82, 2.24) is 0 Å². The zero-order chi connectivity index (χ0) is 50.6. The Balaban J connectivity index is 2.31. The van der Waals surface area contributed by atoms with E-state index >= 15 is 0 Å². The Morgan fingerprint density at radius 1 is 0.391 bits per heavy atom. The third-order valence-electron chi connectivity index (χ3n) is 13.9. The molecule has 0 spiro atoms. The van der Waals surface area contributed by atoms with E-state index in [1.54, 1.807) is 0 Å². The van der Waals surface area contributed by atoms with E-state index in [1.807, 2.05) is 0 Å². The molecule has 0 saturated heterocycles. The van der Waals surface area contributed by atoms with Gasteiger partial charge in [0, 0.05) is 12.8 Å². The second-order valence-corrected chi connectivity index (χ2v) is 21.9. The van der Waals surface area contributed by atoms with E-state index in [1.165, 1.54) is 205 Å². The Bertz CT molecular complexity index is 1210. The van der Waals surface area contributed by atoms with Crippen molar-refractivity contribution in [2.45, 2.75) is 326 Å². The molecule has 69 heavy (non-hydrogen) atoms. The van der Waals surface area contributed by atoms with Crippen LogP contribution in [0.5, 0.6) is 0 Å². The maximum atomic E-state index is 12.9. The van der Waals surface area contributed by atoms with Gasteiger partial charge in [0.05, 0.1) is 6.61 Å². The molecule has 0 radical (unpaired) electrons. The van der Waals surface area contributed by atoms with Crippen molar-refractivity contribution in [2.24, 2.45) is 0 Å². The van der Waals surface area contributed by atoms with Gasteiger partial charge in [-0.25, -0.2) is 4.57 Å². The van der Waals surface area contributed by atoms with Crippen LogP contribution in [0.25, 0.3) is 0 Å². The number of aliphatic hydroxyl groups is 5. The van der Waals surface area contributed by atoms with Crippen molar-refractivity contribution in [2.75, 3.05) is 13.2 Å². The maximum Gasteiger partial charge on any atom is 0.472 e. The van der Waals surface area contributed by atoms with Gasteiger partial charge < -0.3 is 39.9 Å². The molecule has 1 fully saturated rings. The topological polar surface area (TPSA) is 210 Å². The summed E-state index contributed by atoms with van der Waals surface area (Å²) in [7, 11) is -5.12. The molecule has 14 heteroatoms. The normalized spacial score (nSPS) is 20.8. The molecule has 0 bridgehead atoms. The van der Waals surface area contributed by atoms with Crippen molar-refractivity contribution in [3.8, 4) is 0 Å². The molecular weight excluding hydrogens is 900 g/mol. The summed E-state index contributed by atoms with van der Waals surface area (Å²) in [6, 6.07) is 0. The predicted octanol–water partition coefficient (Wildman–Crippen LogP) is 13.2. The minimum absolute atomic E-state index is 0.106. The van der Waals surface area contributed by atoms with Gasteiger partial charge in [-0.15, -0.1) is 0 Å². The van der Waals surface area contributed by atoms with Crippen LogP contribution in [-0.4, -0.2) is 98.3 Å². The largest absolute Gasteiger partial charge is 0.472 e. The minimum atomic E-state index is -5.12. The highest BCUT2D eigenvalue weighted by Crippen LogP contribution is 2.47. The Morgan fingerprint density at radius 2 is 0.652 bits per heavy atom. The fourth-order valence-corrected chi connectivity index (χ4v) is 10.3. The molecule has 6 N–H and O–H groups in total. The van der Waals surface area contributed by atoms with Crippen molar-refractivity contribution in [1.29, 1.82) is 0 Å². The SMILES string of the molecule is CCCCCCCCCCCCCCCCCCCCCCCCC(=O)OC[C@@H](COP(=O)(O)OC1C(O)C(O)C(O)[C@H](O)C1O)OC(=O)CCCCCCCCCCCCCCCCCCCC. The summed E-state index contributed by atoms with van der Waals surface area (Å²) in [6.45, 7) is 3.38. The highest BCUT2D eigenvalue weighted by atomic mass is 31.2. The van der Waals surface area contributed by atoms with Gasteiger partial charge in [0.15, 0.2) is 6.10 Å². The zero-order valence-corrected chi connectivity index (χ0v) is 45.0. The van der Waals surface area contributed by atoms with Gasteiger partial charge in [-0.3, -0.25) is 18.6 Å². The molecule has 13 nitrogen and oxygen atoms in total. The number of hydrogen-bond donors (Lipinski definition) is 6. The minimum Gasteiger partial charge on any atom is -0.462 e.